The third-order valence-corrected chi connectivity index (χ3v) is 4.46. The quantitative estimate of drug-likeness (QED) is 0.787. The van der Waals surface area contributed by atoms with Gasteiger partial charge in [-0.25, -0.2) is 0 Å². The van der Waals surface area contributed by atoms with Gasteiger partial charge in [-0.15, -0.1) is 0 Å². The molecule has 1 saturated heterocycles. The van der Waals surface area contributed by atoms with E-state index in [2.05, 4.69) is 77.2 Å². The Balaban J connectivity index is 2.15. The number of nitrogens with one attached hydrogen (secondary N) is 1. The average molecular weight is 413 g/mol. The third kappa shape index (κ3) is 3.00. The lowest BCUT2D eigenvalue weighted by Gasteiger charge is -2.17. The molecular weight excluding hydrogens is 400 g/mol. The van der Waals surface area contributed by atoms with Crippen LogP contribution in [0.2, 0.25) is 0 Å². The molecule has 0 amide bonds. The van der Waals surface area contributed by atoms with Gasteiger partial charge < -0.3 is 10.2 Å². The van der Waals surface area contributed by atoms with Crippen LogP contribution in [-0.2, 0) is 0 Å². The largest absolute Gasteiger partial charge is 0.379 e. The first-order valence-corrected chi connectivity index (χ1v) is 7.54. The Morgan fingerprint density at radius 3 is 2.38 bits per heavy atom. The van der Waals surface area contributed by atoms with E-state index in [9.17, 15) is 0 Å². The minimum absolute atomic E-state index is 0.541. The van der Waals surface area contributed by atoms with Gasteiger partial charge in [-0.2, -0.15) is 0 Å². The molecule has 1 aliphatic rings. The molecule has 0 aromatic heterocycles. The molecule has 1 N–H and O–H groups in total. The van der Waals surface area contributed by atoms with Crippen molar-refractivity contribution in [1.82, 2.24) is 4.90 Å². The van der Waals surface area contributed by atoms with Crippen molar-refractivity contribution in [3.05, 3.63) is 25.6 Å². The molecule has 16 heavy (non-hydrogen) atoms. The van der Waals surface area contributed by atoms with Crippen LogP contribution in [0.1, 0.15) is 6.42 Å². The molecule has 2 rings (SSSR count). The van der Waals surface area contributed by atoms with Gasteiger partial charge in [-0.1, -0.05) is 15.9 Å². The van der Waals surface area contributed by atoms with E-state index in [-0.39, 0.29) is 0 Å². The predicted molar refractivity (Wildman–Crippen MR) is 79.1 cm³/mol. The normalized spacial score (nSPS) is 21.4. The monoisotopic (exact) mass is 410 g/mol. The van der Waals surface area contributed by atoms with Crippen LogP contribution >= 0.6 is 47.8 Å². The number of rotatable bonds is 2. The topological polar surface area (TPSA) is 15.3 Å². The fraction of sp³-hybridized carbons (Fsp3) is 0.455. The summed E-state index contributed by atoms with van der Waals surface area (Å²) in [5.41, 5.74) is 1.14. The maximum absolute atomic E-state index is 3.58. The van der Waals surface area contributed by atoms with Crippen molar-refractivity contribution in [2.45, 2.75) is 12.5 Å². The minimum Gasteiger partial charge on any atom is -0.379 e. The first-order chi connectivity index (χ1) is 7.56. The lowest BCUT2D eigenvalue weighted by Crippen LogP contribution is -2.23. The van der Waals surface area contributed by atoms with Gasteiger partial charge in [0.2, 0.25) is 0 Å². The SMILES string of the molecule is CN1CCC(Nc2c(Br)cc(Br)cc2Br)C1. The molecule has 0 radical (unpaired) electrons. The first kappa shape index (κ1) is 12.9. The van der Waals surface area contributed by atoms with Gasteiger partial charge in [-0.05, 0) is 64.0 Å². The molecule has 0 spiro atoms. The molecule has 1 heterocycles. The van der Waals surface area contributed by atoms with Crippen molar-refractivity contribution in [2.24, 2.45) is 0 Å². The molecule has 1 fully saturated rings. The Kier molecular flexibility index (Phi) is 4.32. The van der Waals surface area contributed by atoms with E-state index in [1.54, 1.807) is 0 Å². The van der Waals surface area contributed by atoms with E-state index >= 15 is 0 Å². The highest BCUT2D eigenvalue weighted by molar-refractivity contribution is 9.11. The summed E-state index contributed by atoms with van der Waals surface area (Å²) in [6.45, 7) is 2.28. The Morgan fingerprint density at radius 1 is 1.25 bits per heavy atom. The van der Waals surface area contributed by atoms with Gasteiger partial charge in [0.1, 0.15) is 0 Å². The Hall–Kier alpha value is 0.420. The van der Waals surface area contributed by atoms with E-state index in [4.69, 9.17) is 0 Å². The summed E-state index contributed by atoms with van der Waals surface area (Å²) in [4.78, 5) is 2.35. The fourth-order valence-electron chi connectivity index (χ4n) is 1.94. The summed E-state index contributed by atoms with van der Waals surface area (Å²) in [7, 11) is 2.16. The number of benzene rings is 1. The molecule has 0 aliphatic carbocycles. The minimum atomic E-state index is 0.541. The predicted octanol–water partition coefficient (Wildman–Crippen LogP) is 4.09. The summed E-state index contributed by atoms with van der Waals surface area (Å²) in [6, 6.07) is 4.66. The molecule has 1 aromatic rings. The van der Waals surface area contributed by atoms with Crippen molar-refractivity contribution in [1.29, 1.82) is 0 Å². The van der Waals surface area contributed by atoms with Crippen LogP contribution in [0.4, 0.5) is 5.69 Å². The van der Waals surface area contributed by atoms with Gasteiger partial charge in [0.05, 0.1) is 5.69 Å². The van der Waals surface area contributed by atoms with Gasteiger partial charge in [0, 0.05) is 26.0 Å². The summed E-state index contributed by atoms with van der Waals surface area (Å²) in [5.74, 6) is 0. The fourth-order valence-corrected chi connectivity index (χ4v) is 4.42. The molecule has 5 heteroatoms. The zero-order chi connectivity index (χ0) is 11.7. The summed E-state index contributed by atoms with van der Waals surface area (Å²) >= 11 is 10.6. The average Bonchev–Trinajstić information content (AvgIpc) is 2.58. The second-order valence-corrected chi connectivity index (χ2v) is 6.76. The van der Waals surface area contributed by atoms with E-state index in [0.29, 0.717) is 6.04 Å². The number of anilines is 1. The van der Waals surface area contributed by atoms with Gasteiger partial charge in [0.15, 0.2) is 0 Å². The molecule has 0 bridgehead atoms. The van der Waals surface area contributed by atoms with E-state index < -0.39 is 0 Å². The van der Waals surface area contributed by atoms with Crippen molar-refractivity contribution in [3.8, 4) is 0 Å². The van der Waals surface area contributed by atoms with Gasteiger partial charge in [-0.3, -0.25) is 0 Å². The van der Waals surface area contributed by atoms with Crippen LogP contribution in [0.3, 0.4) is 0 Å². The molecule has 88 valence electrons. The van der Waals surface area contributed by atoms with Crippen molar-refractivity contribution < 1.29 is 0 Å². The maximum atomic E-state index is 3.58. The lowest BCUT2D eigenvalue weighted by molar-refractivity contribution is 0.414. The molecule has 1 unspecified atom stereocenters. The number of halogens is 3. The van der Waals surface area contributed by atoms with Crippen molar-refractivity contribution >= 4 is 53.5 Å². The molecular formula is C11H13Br3N2. The smallest absolute Gasteiger partial charge is 0.0632 e. The second kappa shape index (κ2) is 5.38. The number of nitrogens with zero attached hydrogens (tertiary/aromatic N) is 1. The van der Waals surface area contributed by atoms with Crippen LogP contribution in [0, 0.1) is 0 Å². The second-order valence-electron chi connectivity index (χ2n) is 4.14. The highest BCUT2D eigenvalue weighted by Crippen LogP contribution is 2.35. The molecule has 2 nitrogen and oxygen atoms in total. The van der Waals surface area contributed by atoms with Crippen LogP contribution in [0.25, 0.3) is 0 Å². The zero-order valence-corrected chi connectivity index (χ0v) is 13.7. The van der Waals surface area contributed by atoms with Crippen LogP contribution in [0.15, 0.2) is 25.6 Å². The first-order valence-electron chi connectivity index (χ1n) is 5.16. The Labute approximate surface area is 121 Å². The van der Waals surface area contributed by atoms with E-state index in [0.717, 1.165) is 25.7 Å². The van der Waals surface area contributed by atoms with E-state index in [1.807, 2.05) is 0 Å². The highest BCUT2D eigenvalue weighted by Gasteiger charge is 2.20. The lowest BCUT2D eigenvalue weighted by atomic mass is 10.2. The number of likely N-dealkylation sites (tertiary alicyclic amines) is 1. The summed E-state index contributed by atoms with van der Waals surface area (Å²) in [6.07, 6.45) is 1.20. The van der Waals surface area contributed by atoms with Crippen molar-refractivity contribution in [3.63, 3.8) is 0 Å². The third-order valence-electron chi connectivity index (χ3n) is 2.75. The highest BCUT2D eigenvalue weighted by atomic mass is 79.9. The van der Waals surface area contributed by atoms with Gasteiger partial charge >= 0.3 is 0 Å². The summed E-state index contributed by atoms with van der Waals surface area (Å²) < 4.78 is 3.24. The Bertz CT molecular complexity index is 372. The van der Waals surface area contributed by atoms with Gasteiger partial charge in [0.25, 0.3) is 0 Å². The number of hydrogen-bond donors (Lipinski definition) is 1. The van der Waals surface area contributed by atoms with Crippen LogP contribution in [-0.4, -0.2) is 31.1 Å². The summed E-state index contributed by atoms with van der Waals surface area (Å²) in [5, 5.41) is 3.58. The van der Waals surface area contributed by atoms with Crippen LogP contribution < -0.4 is 5.32 Å². The van der Waals surface area contributed by atoms with Crippen LogP contribution in [0.5, 0.6) is 0 Å². The molecule has 1 aliphatic heterocycles. The van der Waals surface area contributed by atoms with Crippen molar-refractivity contribution in [2.75, 3.05) is 25.5 Å². The van der Waals surface area contributed by atoms with E-state index in [1.165, 1.54) is 13.0 Å². The Morgan fingerprint density at radius 2 is 1.88 bits per heavy atom. The zero-order valence-electron chi connectivity index (χ0n) is 8.93. The number of hydrogen-bond acceptors (Lipinski definition) is 2. The molecule has 1 aromatic carbocycles. The molecule has 1 atom stereocenters. The molecule has 0 saturated carbocycles. The maximum Gasteiger partial charge on any atom is 0.0632 e. The standard InChI is InChI=1S/C11H13Br3N2/c1-16-3-2-8(6-16)15-11-9(13)4-7(12)5-10(11)14/h4-5,8,15H,2-3,6H2,1H3. The number of likely N-dealkylation sites (N-methyl/N-ethyl adjacent to an activating group) is 1.